The highest BCUT2D eigenvalue weighted by atomic mass is 32.1. The topological polar surface area (TPSA) is 83.1 Å². The van der Waals surface area contributed by atoms with E-state index in [0.29, 0.717) is 23.7 Å². The molecule has 0 bridgehead atoms. The molecule has 0 saturated heterocycles. The van der Waals surface area contributed by atoms with Gasteiger partial charge in [-0.25, -0.2) is 9.78 Å². The minimum absolute atomic E-state index is 0.0624. The molecule has 144 valence electrons. The lowest BCUT2D eigenvalue weighted by molar-refractivity contribution is -0.116. The van der Waals surface area contributed by atoms with Crippen molar-refractivity contribution in [3.63, 3.8) is 0 Å². The van der Waals surface area contributed by atoms with Crippen LogP contribution < -0.4 is 16.0 Å². The van der Waals surface area contributed by atoms with Crippen molar-refractivity contribution in [3.8, 4) is 0 Å². The molecular formula is C21H22N4O2S. The number of anilines is 3. The van der Waals surface area contributed by atoms with E-state index in [4.69, 9.17) is 0 Å². The Morgan fingerprint density at radius 1 is 0.929 bits per heavy atom. The number of benzene rings is 2. The molecule has 3 N–H and O–H groups in total. The van der Waals surface area contributed by atoms with Gasteiger partial charge < -0.3 is 10.6 Å². The lowest BCUT2D eigenvalue weighted by Crippen LogP contribution is -2.19. The molecule has 0 unspecified atom stereocenters. The number of aryl methyl sites for hydroxylation is 3. The molecule has 3 amide bonds. The van der Waals surface area contributed by atoms with Gasteiger partial charge in [0.2, 0.25) is 5.91 Å². The predicted molar refractivity (Wildman–Crippen MR) is 114 cm³/mol. The lowest BCUT2D eigenvalue weighted by atomic mass is 10.1. The van der Waals surface area contributed by atoms with Crippen LogP contribution in [0.25, 0.3) is 0 Å². The summed E-state index contributed by atoms with van der Waals surface area (Å²) < 4.78 is 0. The Morgan fingerprint density at radius 2 is 1.71 bits per heavy atom. The number of hydrogen-bond donors (Lipinski definition) is 3. The molecule has 2 aromatic carbocycles. The van der Waals surface area contributed by atoms with Crippen LogP contribution in [0.1, 0.15) is 23.2 Å². The smallest absolute Gasteiger partial charge is 0.325 e. The van der Waals surface area contributed by atoms with E-state index in [1.165, 1.54) is 16.9 Å². The second kappa shape index (κ2) is 9.14. The van der Waals surface area contributed by atoms with E-state index >= 15 is 0 Å². The van der Waals surface area contributed by atoms with E-state index in [1.54, 1.807) is 12.1 Å². The summed E-state index contributed by atoms with van der Waals surface area (Å²) >= 11 is 1.33. The molecule has 3 rings (SSSR count). The molecule has 0 aliphatic carbocycles. The molecule has 1 heterocycles. The minimum Gasteiger partial charge on any atom is -0.326 e. The minimum atomic E-state index is -0.348. The van der Waals surface area contributed by atoms with Gasteiger partial charge in [0.1, 0.15) is 0 Å². The normalized spacial score (nSPS) is 10.4. The molecule has 0 aliphatic heterocycles. The van der Waals surface area contributed by atoms with Crippen molar-refractivity contribution in [2.75, 3.05) is 16.0 Å². The standard InChI is InChI=1S/C21H22N4O2S/c1-14-8-9-17(12-15(14)2)22-19(26)11-10-18-13-28-21(24-18)25-20(27)23-16-6-4-3-5-7-16/h3-9,12-13H,10-11H2,1-2H3,(H,22,26)(H2,23,24,25,27). The number of nitrogens with zero attached hydrogens (tertiary/aromatic N) is 1. The third-order valence-corrected chi connectivity index (χ3v) is 5.01. The van der Waals surface area contributed by atoms with Gasteiger partial charge in [0, 0.05) is 23.2 Å². The molecule has 3 aromatic rings. The molecular weight excluding hydrogens is 372 g/mol. The van der Waals surface area contributed by atoms with E-state index in [-0.39, 0.29) is 11.9 Å². The summed E-state index contributed by atoms with van der Waals surface area (Å²) in [6.45, 7) is 4.05. The van der Waals surface area contributed by atoms with Gasteiger partial charge in [-0.3, -0.25) is 10.1 Å². The van der Waals surface area contributed by atoms with Crippen LogP contribution in [-0.4, -0.2) is 16.9 Å². The van der Waals surface area contributed by atoms with Gasteiger partial charge in [0.05, 0.1) is 5.69 Å². The monoisotopic (exact) mass is 394 g/mol. The van der Waals surface area contributed by atoms with Gasteiger partial charge >= 0.3 is 6.03 Å². The zero-order valence-electron chi connectivity index (χ0n) is 15.8. The fraction of sp³-hybridized carbons (Fsp3) is 0.190. The van der Waals surface area contributed by atoms with Gasteiger partial charge in [0.15, 0.2) is 5.13 Å². The second-order valence-electron chi connectivity index (χ2n) is 6.44. The fourth-order valence-corrected chi connectivity index (χ4v) is 3.28. The number of amides is 3. The first-order valence-corrected chi connectivity index (χ1v) is 9.82. The largest absolute Gasteiger partial charge is 0.326 e. The Bertz CT molecular complexity index is 970. The number of rotatable bonds is 6. The maximum atomic E-state index is 12.2. The zero-order valence-corrected chi connectivity index (χ0v) is 16.6. The van der Waals surface area contributed by atoms with Crippen LogP contribution >= 0.6 is 11.3 Å². The highest BCUT2D eigenvalue weighted by Crippen LogP contribution is 2.18. The van der Waals surface area contributed by atoms with Gasteiger partial charge in [-0.05, 0) is 55.7 Å². The van der Waals surface area contributed by atoms with E-state index in [0.717, 1.165) is 16.9 Å². The first kappa shape index (κ1) is 19.6. The van der Waals surface area contributed by atoms with E-state index in [2.05, 4.69) is 20.9 Å². The fourth-order valence-electron chi connectivity index (χ4n) is 2.54. The summed E-state index contributed by atoms with van der Waals surface area (Å²) in [7, 11) is 0. The van der Waals surface area contributed by atoms with Crippen molar-refractivity contribution in [1.82, 2.24) is 4.98 Å². The molecule has 28 heavy (non-hydrogen) atoms. The molecule has 0 aliphatic rings. The van der Waals surface area contributed by atoms with Gasteiger partial charge in [-0.2, -0.15) is 0 Å². The Labute approximate surface area is 168 Å². The predicted octanol–water partition coefficient (Wildman–Crippen LogP) is 4.98. The van der Waals surface area contributed by atoms with E-state index in [9.17, 15) is 9.59 Å². The molecule has 6 nitrogen and oxygen atoms in total. The highest BCUT2D eigenvalue weighted by molar-refractivity contribution is 7.13. The van der Waals surface area contributed by atoms with Crippen molar-refractivity contribution < 1.29 is 9.59 Å². The average molecular weight is 395 g/mol. The molecule has 0 atom stereocenters. The van der Waals surface area contributed by atoms with Gasteiger partial charge in [0.25, 0.3) is 0 Å². The third-order valence-electron chi connectivity index (χ3n) is 4.20. The van der Waals surface area contributed by atoms with Crippen LogP contribution in [0.15, 0.2) is 53.9 Å². The summed E-state index contributed by atoms with van der Waals surface area (Å²) in [6.07, 6.45) is 0.835. The summed E-state index contributed by atoms with van der Waals surface area (Å²) in [5.74, 6) is -0.0624. The number of carbonyl (C=O) groups is 2. The van der Waals surface area contributed by atoms with Crippen molar-refractivity contribution in [2.45, 2.75) is 26.7 Å². The highest BCUT2D eigenvalue weighted by Gasteiger charge is 2.09. The number of nitrogens with one attached hydrogen (secondary N) is 3. The van der Waals surface area contributed by atoms with E-state index < -0.39 is 0 Å². The molecule has 7 heteroatoms. The van der Waals surface area contributed by atoms with Gasteiger partial charge in [-0.15, -0.1) is 11.3 Å². The van der Waals surface area contributed by atoms with Gasteiger partial charge in [-0.1, -0.05) is 24.3 Å². The average Bonchev–Trinajstić information content (AvgIpc) is 3.11. The number of thiazole rings is 1. The third kappa shape index (κ3) is 5.65. The second-order valence-corrected chi connectivity index (χ2v) is 7.29. The zero-order chi connectivity index (χ0) is 19.9. The Hall–Kier alpha value is -3.19. The summed E-state index contributed by atoms with van der Waals surface area (Å²) in [5, 5.41) is 10.7. The first-order valence-electron chi connectivity index (χ1n) is 8.94. The summed E-state index contributed by atoms with van der Waals surface area (Å²) in [4.78, 5) is 28.5. The Kier molecular flexibility index (Phi) is 6.39. The van der Waals surface area contributed by atoms with Crippen molar-refractivity contribution >= 4 is 39.8 Å². The molecule has 0 fully saturated rings. The van der Waals surface area contributed by atoms with Crippen molar-refractivity contribution in [3.05, 3.63) is 70.7 Å². The number of para-hydroxylation sites is 1. The van der Waals surface area contributed by atoms with Crippen LogP contribution in [0.2, 0.25) is 0 Å². The van der Waals surface area contributed by atoms with Crippen LogP contribution in [0.3, 0.4) is 0 Å². The van der Waals surface area contributed by atoms with Crippen molar-refractivity contribution in [2.24, 2.45) is 0 Å². The van der Waals surface area contributed by atoms with E-state index in [1.807, 2.05) is 55.6 Å². The summed E-state index contributed by atoms with van der Waals surface area (Å²) in [6, 6.07) is 14.7. The summed E-state index contributed by atoms with van der Waals surface area (Å²) in [5.41, 5.74) is 4.61. The quantitative estimate of drug-likeness (QED) is 0.552. The molecule has 0 spiro atoms. The maximum Gasteiger partial charge on any atom is 0.325 e. The number of carbonyl (C=O) groups excluding carboxylic acids is 2. The molecule has 1 aromatic heterocycles. The van der Waals surface area contributed by atoms with Crippen LogP contribution in [-0.2, 0) is 11.2 Å². The first-order chi connectivity index (χ1) is 13.5. The number of urea groups is 1. The number of hydrogen-bond acceptors (Lipinski definition) is 4. The molecule has 0 radical (unpaired) electrons. The Morgan fingerprint density at radius 3 is 2.46 bits per heavy atom. The number of aromatic nitrogens is 1. The van der Waals surface area contributed by atoms with Crippen LogP contribution in [0, 0.1) is 13.8 Å². The maximum absolute atomic E-state index is 12.2. The Balaban J connectivity index is 1.46. The van der Waals surface area contributed by atoms with Crippen LogP contribution in [0.5, 0.6) is 0 Å². The lowest BCUT2D eigenvalue weighted by Gasteiger charge is -2.07. The van der Waals surface area contributed by atoms with Crippen LogP contribution in [0.4, 0.5) is 21.3 Å². The molecule has 0 saturated carbocycles. The SMILES string of the molecule is Cc1ccc(NC(=O)CCc2csc(NC(=O)Nc3ccccc3)n2)cc1C. The van der Waals surface area contributed by atoms with Crippen molar-refractivity contribution in [1.29, 1.82) is 0 Å².